The van der Waals surface area contributed by atoms with Crippen LogP contribution in [0.25, 0.3) is 0 Å². The third-order valence-corrected chi connectivity index (χ3v) is 7.69. The van der Waals surface area contributed by atoms with E-state index >= 15 is 0 Å². The second kappa shape index (κ2) is 17.5. The molecule has 2 saturated heterocycles. The lowest BCUT2D eigenvalue weighted by atomic mass is 10.1. The molecule has 2 aliphatic heterocycles. The summed E-state index contributed by atoms with van der Waals surface area (Å²) >= 11 is 0. The van der Waals surface area contributed by atoms with Gasteiger partial charge >= 0.3 is 48.3 Å². The summed E-state index contributed by atoms with van der Waals surface area (Å²) in [5.74, 6) is -6.74. The van der Waals surface area contributed by atoms with Crippen molar-refractivity contribution in [1.29, 1.82) is 0 Å². The first kappa shape index (κ1) is 39.8. The molecule has 0 aliphatic carbocycles. The number of nitrogens with zero attached hydrogens (tertiary/aromatic N) is 2. The maximum atomic E-state index is 12.7. The summed E-state index contributed by atoms with van der Waals surface area (Å²) in [6.45, 7) is 3.28. The summed E-state index contributed by atoms with van der Waals surface area (Å²) in [7, 11) is 0. The highest BCUT2D eigenvalue weighted by Crippen LogP contribution is 2.33. The minimum absolute atomic E-state index is 0.0887. The Morgan fingerprint density at radius 3 is 1.25 bits per heavy atom. The van der Waals surface area contributed by atoms with Crippen LogP contribution < -0.4 is 20.6 Å². The average molecular weight is 747 g/mol. The maximum Gasteiger partial charge on any atom is 0.317 e. The Morgan fingerprint density at radius 2 is 0.925 bits per heavy atom. The number of hydrogen-bond donors (Lipinski definition) is 2. The second-order valence-electron chi connectivity index (χ2n) is 11.8. The molecule has 2 fully saturated rings. The van der Waals surface area contributed by atoms with Crippen molar-refractivity contribution in [2.24, 2.45) is 11.5 Å². The van der Waals surface area contributed by atoms with Crippen LogP contribution in [0.15, 0.2) is 49.1 Å². The van der Waals surface area contributed by atoms with Crippen molar-refractivity contribution in [2.45, 2.75) is 83.2 Å². The highest BCUT2D eigenvalue weighted by molar-refractivity contribution is 5.92. The third kappa shape index (κ3) is 10.5. The Morgan fingerprint density at radius 1 is 0.585 bits per heavy atom. The predicted octanol–water partition coefficient (Wildman–Crippen LogP) is -1.84. The number of esters is 6. The van der Waals surface area contributed by atoms with E-state index < -0.39 is 116 Å². The number of carbonyl (C=O) groups excluding carboxylic acids is 8. The third-order valence-electron chi connectivity index (χ3n) is 7.69. The molecule has 4 rings (SSSR count). The Hall–Kier alpha value is -6.02. The van der Waals surface area contributed by atoms with Crippen molar-refractivity contribution in [3.05, 3.63) is 60.2 Å². The molecule has 2 aliphatic rings. The summed E-state index contributed by atoms with van der Waals surface area (Å²) in [4.78, 5) is 97.0. The summed E-state index contributed by atoms with van der Waals surface area (Å²) in [5.41, 5.74) is 10.9. The fourth-order valence-electron chi connectivity index (χ4n) is 5.63. The van der Waals surface area contributed by atoms with E-state index in [2.05, 4.69) is 0 Å². The molecule has 0 unspecified atom stereocenters. The zero-order valence-corrected chi connectivity index (χ0v) is 28.9. The Labute approximate surface area is 301 Å². The number of amides is 2. The van der Waals surface area contributed by atoms with Crippen LogP contribution in [0.2, 0.25) is 0 Å². The summed E-state index contributed by atoms with van der Waals surface area (Å²) in [6, 6.07) is 5.84. The van der Waals surface area contributed by atoms with Crippen LogP contribution in [0.4, 0.5) is 0 Å². The molecule has 0 radical (unpaired) electrons. The van der Waals surface area contributed by atoms with Gasteiger partial charge in [0.15, 0.2) is 37.0 Å². The molecule has 0 saturated carbocycles. The van der Waals surface area contributed by atoms with Gasteiger partial charge in [0.05, 0.1) is 0 Å². The van der Waals surface area contributed by atoms with Gasteiger partial charge in [0.1, 0.15) is 43.0 Å². The van der Waals surface area contributed by atoms with Gasteiger partial charge in [-0.15, -0.1) is 0 Å². The van der Waals surface area contributed by atoms with Gasteiger partial charge in [-0.25, -0.2) is 0 Å². The molecule has 0 bridgehead atoms. The quantitative estimate of drug-likeness (QED) is 0.0930. The molecule has 8 atom stereocenters. The lowest BCUT2D eigenvalue weighted by molar-refractivity contribution is -0.765. The van der Waals surface area contributed by atoms with E-state index in [1.54, 1.807) is 0 Å². The first-order valence-electron chi connectivity index (χ1n) is 16.0. The molecule has 2 amide bonds. The van der Waals surface area contributed by atoms with Crippen LogP contribution in [0, 0.1) is 0 Å². The highest BCUT2D eigenvalue weighted by atomic mass is 16.7. The highest BCUT2D eigenvalue weighted by Gasteiger charge is 2.56. The number of rotatable bonds is 14. The number of carbonyl (C=O) groups is 8. The first-order chi connectivity index (χ1) is 25.0. The van der Waals surface area contributed by atoms with Gasteiger partial charge in [-0.3, -0.25) is 38.4 Å². The minimum atomic E-state index is -1.29. The molecular formula is C33H38N4O16+2. The molecule has 2 aromatic heterocycles. The summed E-state index contributed by atoms with van der Waals surface area (Å²) < 4.78 is 46.7. The number of primary amides is 2. The molecule has 20 nitrogen and oxygen atoms in total. The summed E-state index contributed by atoms with van der Waals surface area (Å²) in [5, 5.41) is 0. The van der Waals surface area contributed by atoms with E-state index in [1.807, 2.05) is 0 Å². The summed E-state index contributed by atoms with van der Waals surface area (Å²) in [6.07, 6.45) is -5.15. The van der Waals surface area contributed by atoms with E-state index in [-0.39, 0.29) is 11.1 Å². The molecule has 2 aromatic rings. The Balaban J connectivity index is 1.43. The lowest BCUT2D eigenvalue weighted by Crippen LogP contribution is -2.48. The predicted molar refractivity (Wildman–Crippen MR) is 167 cm³/mol. The first-order valence-corrected chi connectivity index (χ1v) is 16.0. The minimum Gasteiger partial charge on any atom is -0.462 e. The largest absolute Gasteiger partial charge is 0.462 e. The van der Waals surface area contributed by atoms with Crippen LogP contribution in [-0.2, 0) is 66.7 Å². The number of aromatic nitrogens is 2. The lowest BCUT2D eigenvalue weighted by Gasteiger charge is -2.21. The number of pyridine rings is 2. The van der Waals surface area contributed by atoms with Gasteiger partial charge in [0.25, 0.3) is 11.8 Å². The van der Waals surface area contributed by atoms with E-state index in [4.69, 9.17) is 49.4 Å². The SMILES string of the molecule is CC(=O)O[C@@H]1[C@H](OC(C)=O)[C@@H](COC(=O)CC(=O)OC[C@H]2O[C@@H]([n+]3cccc(C(N)=O)c3)[C@H](OC(C)=O)[C@@H]2OC(C)=O)O[C@H]1[n+]1cccc(C(N)=O)c1. The van der Waals surface area contributed by atoms with Crippen LogP contribution in [-0.4, -0.2) is 97.5 Å². The van der Waals surface area contributed by atoms with E-state index in [0.29, 0.717) is 0 Å². The van der Waals surface area contributed by atoms with Gasteiger partial charge < -0.3 is 49.4 Å². The zero-order valence-electron chi connectivity index (χ0n) is 28.9. The molecule has 20 heteroatoms. The molecule has 4 heterocycles. The van der Waals surface area contributed by atoms with Crippen molar-refractivity contribution in [3.63, 3.8) is 0 Å². The fourth-order valence-corrected chi connectivity index (χ4v) is 5.63. The molecule has 284 valence electrons. The van der Waals surface area contributed by atoms with E-state index in [9.17, 15) is 38.4 Å². The van der Waals surface area contributed by atoms with Gasteiger partial charge in [-0.2, -0.15) is 9.13 Å². The van der Waals surface area contributed by atoms with Crippen molar-refractivity contribution < 1.29 is 85.4 Å². The molecule has 53 heavy (non-hydrogen) atoms. The van der Waals surface area contributed by atoms with Gasteiger partial charge in [0.2, 0.25) is 12.2 Å². The van der Waals surface area contributed by atoms with Gasteiger partial charge in [-0.1, -0.05) is 0 Å². The van der Waals surface area contributed by atoms with Crippen molar-refractivity contribution >= 4 is 47.6 Å². The van der Waals surface area contributed by atoms with E-state index in [1.165, 1.54) is 58.2 Å². The van der Waals surface area contributed by atoms with Crippen LogP contribution >= 0.6 is 0 Å². The van der Waals surface area contributed by atoms with E-state index in [0.717, 1.165) is 27.7 Å². The standard InChI is InChI=1S/C33H36N4O16/c1-16(38)48-26-22(52-32(28(26)50-18(3)40)36-9-5-7-20(12-36)30(34)44)14-46-24(42)11-25(43)47-15-23-27(49-17(2)39)29(51-19(4)41)33(53-23)37-10-6-8-21(13-37)31(35)45/h5-10,12-13,22-23,26-29,32-33H,11,14-15H2,1-4H3,(H2-2,34,35,44,45)/p+2/t22-,23-,26-,27-,28-,29-,32-,33-/m1/s1. The smallest absolute Gasteiger partial charge is 0.317 e. The van der Waals surface area contributed by atoms with Crippen LogP contribution in [0.5, 0.6) is 0 Å². The fraction of sp³-hybridized carbons (Fsp3) is 0.455. The topological polar surface area (TPSA) is 270 Å². The normalized spacial score (nSPS) is 24.7. The molecule has 0 aromatic carbocycles. The Bertz CT molecular complexity index is 1640. The number of ether oxygens (including phenoxy) is 8. The van der Waals surface area contributed by atoms with Crippen molar-refractivity contribution in [3.8, 4) is 0 Å². The maximum absolute atomic E-state index is 12.7. The van der Waals surface area contributed by atoms with Crippen molar-refractivity contribution in [1.82, 2.24) is 0 Å². The molecule has 0 spiro atoms. The average Bonchev–Trinajstić information content (AvgIpc) is 3.58. The zero-order chi connectivity index (χ0) is 39.0. The Kier molecular flexibility index (Phi) is 13.1. The van der Waals surface area contributed by atoms with Crippen molar-refractivity contribution in [2.75, 3.05) is 13.2 Å². The number of nitrogens with two attached hydrogens (primary N) is 2. The molecular weight excluding hydrogens is 708 g/mol. The number of hydrogen-bond acceptors (Lipinski definition) is 16. The van der Waals surface area contributed by atoms with Gasteiger partial charge in [0, 0.05) is 39.8 Å². The van der Waals surface area contributed by atoms with Crippen LogP contribution in [0.1, 0.15) is 67.3 Å². The monoisotopic (exact) mass is 746 g/mol. The van der Waals surface area contributed by atoms with Crippen LogP contribution in [0.3, 0.4) is 0 Å². The molecule has 4 N–H and O–H groups in total. The second-order valence-corrected chi connectivity index (χ2v) is 11.8. The van der Waals surface area contributed by atoms with Gasteiger partial charge in [-0.05, 0) is 12.1 Å².